The van der Waals surface area contributed by atoms with E-state index in [-0.39, 0.29) is 42.4 Å². The molecule has 2 aromatic carbocycles. The van der Waals surface area contributed by atoms with Crippen molar-refractivity contribution in [3.8, 4) is 0 Å². The Morgan fingerprint density at radius 1 is 0.975 bits per heavy atom. The molecule has 0 aromatic heterocycles. The Bertz CT molecular complexity index is 1390. The summed E-state index contributed by atoms with van der Waals surface area (Å²) in [5.74, 6) is -1.55. The maximum absolute atomic E-state index is 15.0. The molecule has 2 amide bonds. The third-order valence-electron chi connectivity index (χ3n) is 7.74. The average molecular weight is 614 g/mol. The summed E-state index contributed by atoms with van der Waals surface area (Å²) in [6.07, 6.45) is -0.873. The molecule has 0 bridgehead atoms. The van der Waals surface area contributed by atoms with Gasteiger partial charge in [-0.3, -0.25) is 14.5 Å². The Morgan fingerprint density at radius 3 is 2.27 bits per heavy atom. The summed E-state index contributed by atoms with van der Waals surface area (Å²) in [5, 5.41) is 0.598. The largest absolute Gasteiger partial charge is 0.379 e. The van der Waals surface area contributed by atoms with Crippen LogP contribution in [0.2, 0.25) is 10.0 Å². The van der Waals surface area contributed by atoms with Crippen molar-refractivity contribution in [3.63, 3.8) is 0 Å². The lowest BCUT2D eigenvalue weighted by Crippen LogP contribution is -2.76. The van der Waals surface area contributed by atoms with Gasteiger partial charge in [0.2, 0.25) is 21.8 Å². The van der Waals surface area contributed by atoms with Crippen LogP contribution >= 0.6 is 23.2 Å². The second kappa shape index (κ2) is 11.5. The fourth-order valence-electron chi connectivity index (χ4n) is 5.66. The zero-order valence-electron chi connectivity index (χ0n) is 22.2. The Kier molecular flexibility index (Phi) is 8.43. The van der Waals surface area contributed by atoms with Crippen LogP contribution in [0, 0.1) is 5.82 Å². The highest BCUT2D eigenvalue weighted by molar-refractivity contribution is 7.89. The van der Waals surface area contributed by atoms with Gasteiger partial charge in [-0.25, -0.2) is 12.8 Å². The number of piperazine rings is 1. The number of carbonyl (C=O) groups is 2. The predicted molar refractivity (Wildman–Crippen MR) is 148 cm³/mol. The normalized spacial score (nSPS) is 25.0. The van der Waals surface area contributed by atoms with Crippen LogP contribution in [0.1, 0.15) is 19.4 Å². The first-order valence-electron chi connectivity index (χ1n) is 13.1. The predicted octanol–water partition coefficient (Wildman–Crippen LogP) is 2.85. The molecule has 0 N–H and O–H groups in total. The van der Waals surface area contributed by atoms with Crippen LogP contribution in [0.25, 0.3) is 0 Å². The zero-order chi connectivity index (χ0) is 28.8. The topological polar surface area (TPSA) is 90.5 Å². The summed E-state index contributed by atoms with van der Waals surface area (Å²) >= 11 is 12.2. The van der Waals surface area contributed by atoms with Gasteiger partial charge in [-0.15, -0.1) is 0 Å². The first-order valence-corrected chi connectivity index (χ1v) is 15.3. The summed E-state index contributed by atoms with van der Waals surface area (Å²) in [6.45, 7) is 5.05. The van der Waals surface area contributed by atoms with Gasteiger partial charge in [0.1, 0.15) is 29.0 Å². The molecular weight excluding hydrogens is 582 g/mol. The molecule has 3 aliphatic rings. The lowest BCUT2D eigenvalue weighted by Gasteiger charge is -2.55. The summed E-state index contributed by atoms with van der Waals surface area (Å²) in [7, 11) is -4.48. The number of halogens is 3. The molecule has 40 heavy (non-hydrogen) atoms. The van der Waals surface area contributed by atoms with E-state index in [2.05, 4.69) is 0 Å². The van der Waals surface area contributed by atoms with Crippen molar-refractivity contribution in [3.05, 3.63) is 63.9 Å². The quantitative estimate of drug-likeness (QED) is 0.498. The number of benzene rings is 2. The van der Waals surface area contributed by atoms with Crippen LogP contribution < -0.4 is 0 Å². The number of ether oxygens (including phenoxy) is 1. The molecule has 0 saturated carbocycles. The van der Waals surface area contributed by atoms with Crippen molar-refractivity contribution in [2.24, 2.45) is 0 Å². The van der Waals surface area contributed by atoms with E-state index in [0.717, 1.165) is 17.7 Å². The molecule has 9 nitrogen and oxygen atoms in total. The SMILES string of the molecule is CC(C)N1CC2N(C(=O)C(N3CCOCC3)CN2S(=O)(=O)c2cc(Cl)ccc2F)C(Cc2ccc(Cl)cc2)C1=O. The first kappa shape index (κ1) is 29.2. The van der Waals surface area contributed by atoms with E-state index in [0.29, 0.717) is 31.3 Å². The Morgan fingerprint density at radius 2 is 1.62 bits per heavy atom. The van der Waals surface area contributed by atoms with Crippen molar-refractivity contribution in [2.75, 3.05) is 39.4 Å². The van der Waals surface area contributed by atoms with E-state index in [1.807, 2.05) is 18.7 Å². The molecule has 3 fully saturated rings. The van der Waals surface area contributed by atoms with Crippen LogP contribution in [-0.2, 0) is 30.8 Å². The summed E-state index contributed by atoms with van der Waals surface area (Å²) in [4.78, 5) is 32.4. The molecule has 0 radical (unpaired) electrons. The van der Waals surface area contributed by atoms with Gasteiger partial charge in [-0.1, -0.05) is 35.3 Å². The minimum atomic E-state index is -4.48. The van der Waals surface area contributed by atoms with Crippen molar-refractivity contribution in [1.82, 2.24) is 19.0 Å². The lowest BCUT2D eigenvalue weighted by molar-refractivity contribution is -0.173. The van der Waals surface area contributed by atoms with E-state index < -0.39 is 39.0 Å². The fourth-order valence-corrected chi connectivity index (χ4v) is 7.69. The lowest BCUT2D eigenvalue weighted by atomic mass is 9.96. The smallest absolute Gasteiger partial charge is 0.247 e. The molecular formula is C27H31Cl2FN4O5S. The van der Waals surface area contributed by atoms with Crippen molar-refractivity contribution >= 4 is 45.0 Å². The molecule has 3 unspecified atom stereocenters. The van der Waals surface area contributed by atoms with Crippen LogP contribution in [0.3, 0.4) is 0 Å². The summed E-state index contributed by atoms with van der Waals surface area (Å²) < 4.78 is 49.9. The second-order valence-electron chi connectivity index (χ2n) is 10.5. The van der Waals surface area contributed by atoms with Gasteiger partial charge in [0.05, 0.1) is 19.8 Å². The molecule has 5 rings (SSSR count). The fraction of sp³-hybridized carbons (Fsp3) is 0.481. The number of amides is 2. The molecule has 3 saturated heterocycles. The molecule has 0 aliphatic carbocycles. The Labute approximate surface area is 243 Å². The van der Waals surface area contributed by atoms with Gasteiger partial charge in [0.15, 0.2) is 0 Å². The molecule has 3 aliphatic heterocycles. The Hall–Kier alpha value is -2.28. The molecule has 3 atom stereocenters. The number of fused-ring (bicyclic) bond motifs is 1. The van der Waals surface area contributed by atoms with E-state index in [9.17, 15) is 22.4 Å². The van der Waals surface area contributed by atoms with Crippen LogP contribution in [0.4, 0.5) is 4.39 Å². The number of rotatable bonds is 6. The standard InChI is InChI=1S/C27H31Cl2FN4O5S/c1-17(2)32-16-25-33(40(37,38)24-14-20(29)7-8-21(24)30)15-23(31-9-11-39-12-10-31)27(36)34(25)22(26(32)35)13-18-3-5-19(28)6-4-18/h3-8,14,17,22-23,25H,9-13,15-16H2,1-2H3. The number of nitrogens with zero attached hydrogens (tertiary/aromatic N) is 4. The molecule has 0 spiro atoms. The van der Waals surface area contributed by atoms with Crippen molar-refractivity contribution in [1.29, 1.82) is 0 Å². The number of sulfonamides is 1. The Balaban J connectivity index is 1.63. The average Bonchev–Trinajstić information content (AvgIpc) is 2.92. The second-order valence-corrected chi connectivity index (χ2v) is 13.2. The monoisotopic (exact) mass is 612 g/mol. The van der Waals surface area contributed by atoms with Crippen molar-refractivity contribution in [2.45, 2.75) is 49.5 Å². The van der Waals surface area contributed by atoms with Gasteiger partial charge in [-0.05, 0) is 49.7 Å². The highest BCUT2D eigenvalue weighted by Crippen LogP contribution is 2.35. The summed E-state index contributed by atoms with van der Waals surface area (Å²) in [6, 6.07) is 8.23. The number of morpholine rings is 1. The highest BCUT2D eigenvalue weighted by atomic mass is 35.5. The first-order chi connectivity index (χ1) is 19.0. The number of hydrogen-bond donors (Lipinski definition) is 0. The molecule has 3 heterocycles. The third-order valence-corrected chi connectivity index (χ3v) is 10.1. The number of carbonyl (C=O) groups excluding carboxylic acids is 2. The van der Waals surface area contributed by atoms with Gasteiger partial charge >= 0.3 is 0 Å². The maximum Gasteiger partial charge on any atom is 0.247 e. The molecule has 2 aromatic rings. The van der Waals surface area contributed by atoms with Gasteiger partial charge in [0.25, 0.3) is 0 Å². The maximum atomic E-state index is 15.0. The minimum absolute atomic E-state index is 0.0450. The molecule has 216 valence electrons. The zero-order valence-corrected chi connectivity index (χ0v) is 24.5. The van der Waals surface area contributed by atoms with E-state index in [1.165, 1.54) is 15.3 Å². The third kappa shape index (κ3) is 5.47. The van der Waals surface area contributed by atoms with Gasteiger partial charge in [0, 0.05) is 42.1 Å². The minimum Gasteiger partial charge on any atom is -0.379 e. The number of hydrogen-bond acceptors (Lipinski definition) is 6. The van der Waals surface area contributed by atoms with Crippen LogP contribution in [0.5, 0.6) is 0 Å². The summed E-state index contributed by atoms with van der Waals surface area (Å²) in [5.41, 5.74) is 0.767. The highest BCUT2D eigenvalue weighted by Gasteiger charge is 2.55. The van der Waals surface area contributed by atoms with E-state index in [1.54, 1.807) is 29.2 Å². The van der Waals surface area contributed by atoms with E-state index in [4.69, 9.17) is 27.9 Å². The van der Waals surface area contributed by atoms with Crippen LogP contribution in [-0.4, -0.2) is 103 Å². The molecule has 13 heteroatoms. The van der Waals surface area contributed by atoms with Gasteiger partial charge < -0.3 is 14.5 Å². The van der Waals surface area contributed by atoms with Gasteiger partial charge in [-0.2, -0.15) is 4.31 Å². The van der Waals surface area contributed by atoms with Crippen molar-refractivity contribution < 1.29 is 27.1 Å². The van der Waals surface area contributed by atoms with E-state index >= 15 is 0 Å². The van der Waals surface area contributed by atoms with Crippen LogP contribution in [0.15, 0.2) is 47.4 Å².